The summed E-state index contributed by atoms with van der Waals surface area (Å²) in [5, 5.41) is 19.2. The van der Waals surface area contributed by atoms with E-state index in [9.17, 15) is 10.2 Å². The maximum Gasteiger partial charge on any atom is 0.0540 e. The van der Waals surface area contributed by atoms with Crippen LogP contribution in [0.1, 0.15) is 141 Å². The third kappa shape index (κ3) is 16.1. The lowest BCUT2D eigenvalue weighted by Gasteiger charge is -2.11. The van der Waals surface area contributed by atoms with Crippen molar-refractivity contribution in [1.29, 1.82) is 0 Å². The molecule has 0 amide bonds. The first kappa shape index (κ1) is 24.0. The minimum Gasteiger partial charge on any atom is -0.393 e. The Morgan fingerprint density at radius 3 is 0.615 bits per heavy atom. The van der Waals surface area contributed by atoms with Crippen LogP contribution in [-0.2, 0) is 0 Å². The van der Waals surface area contributed by atoms with Crippen LogP contribution in [0.25, 0.3) is 0 Å². The van der Waals surface area contributed by atoms with E-state index < -0.39 is 0 Å². The summed E-state index contributed by atoms with van der Waals surface area (Å²) in [5.74, 6) is 0. The van der Waals surface area contributed by atoms with E-state index in [2.05, 4.69) is 0 Å². The van der Waals surface area contributed by atoms with E-state index >= 15 is 0 Å². The number of hydrogen-bond donors (Lipinski definition) is 2. The highest BCUT2D eigenvalue weighted by molar-refractivity contribution is 4.59. The molecule has 0 aromatic rings. The maximum absolute atomic E-state index is 9.59. The summed E-state index contributed by atoms with van der Waals surface area (Å²) in [6, 6.07) is 0. The van der Waals surface area contributed by atoms with Crippen LogP contribution < -0.4 is 0 Å². The Balaban J connectivity index is 0.000000260. The molecule has 156 valence electrons. The van der Waals surface area contributed by atoms with Crippen LogP contribution in [0.5, 0.6) is 0 Å². The lowest BCUT2D eigenvalue weighted by atomic mass is 10.00. The smallest absolute Gasteiger partial charge is 0.0540 e. The molecule has 2 saturated carbocycles. The van der Waals surface area contributed by atoms with Gasteiger partial charge in [-0.15, -0.1) is 0 Å². The van der Waals surface area contributed by atoms with Crippen LogP contribution >= 0.6 is 0 Å². The lowest BCUT2D eigenvalue weighted by Crippen LogP contribution is -2.06. The summed E-state index contributed by atoms with van der Waals surface area (Å²) in [4.78, 5) is 0. The fourth-order valence-electron chi connectivity index (χ4n) is 4.28. The Hall–Kier alpha value is -0.0800. The van der Waals surface area contributed by atoms with Crippen LogP contribution in [0.4, 0.5) is 0 Å². The van der Waals surface area contributed by atoms with Gasteiger partial charge >= 0.3 is 0 Å². The minimum atomic E-state index is -0.000531. The zero-order valence-corrected chi connectivity index (χ0v) is 17.6. The minimum absolute atomic E-state index is 0.000531. The zero-order valence-electron chi connectivity index (χ0n) is 17.6. The zero-order chi connectivity index (χ0) is 18.7. The van der Waals surface area contributed by atoms with Gasteiger partial charge in [0.05, 0.1) is 12.2 Å². The number of aliphatic hydroxyl groups excluding tert-OH is 2. The summed E-state index contributed by atoms with van der Waals surface area (Å²) < 4.78 is 0. The molecular formula is C24H48O2. The van der Waals surface area contributed by atoms with Crippen molar-refractivity contribution in [3.05, 3.63) is 0 Å². The van der Waals surface area contributed by atoms with Crippen LogP contribution in [0.2, 0.25) is 0 Å². The SMILES string of the molecule is OC1CCCCCCCCCCC1.OC1CCCCCCCCCCC1. The Labute approximate surface area is 164 Å². The van der Waals surface area contributed by atoms with E-state index in [-0.39, 0.29) is 12.2 Å². The molecule has 0 saturated heterocycles. The average molecular weight is 369 g/mol. The molecule has 0 bridgehead atoms. The van der Waals surface area contributed by atoms with Gasteiger partial charge in [0.15, 0.2) is 0 Å². The normalized spacial score (nSPS) is 24.7. The fraction of sp³-hybridized carbons (Fsp3) is 1.00. The van der Waals surface area contributed by atoms with Gasteiger partial charge in [0.1, 0.15) is 0 Å². The first-order valence-electron chi connectivity index (χ1n) is 12.1. The van der Waals surface area contributed by atoms with Gasteiger partial charge in [0.25, 0.3) is 0 Å². The van der Waals surface area contributed by atoms with Crippen LogP contribution in [-0.4, -0.2) is 22.4 Å². The highest BCUT2D eigenvalue weighted by atomic mass is 16.3. The van der Waals surface area contributed by atoms with Gasteiger partial charge in [-0.3, -0.25) is 0 Å². The van der Waals surface area contributed by atoms with Gasteiger partial charge in [0, 0.05) is 0 Å². The molecule has 0 aromatic heterocycles. The molecule has 2 heteroatoms. The van der Waals surface area contributed by atoms with Crippen molar-refractivity contribution in [3.63, 3.8) is 0 Å². The second-order valence-corrected chi connectivity index (χ2v) is 8.83. The van der Waals surface area contributed by atoms with Gasteiger partial charge in [-0.05, 0) is 25.7 Å². The van der Waals surface area contributed by atoms with Gasteiger partial charge in [0.2, 0.25) is 0 Å². The predicted octanol–water partition coefficient (Wildman–Crippen LogP) is 7.30. The molecule has 0 unspecified atom stereocenters. The summed E-state index contributed by atoms with van der Waals surface area (Å²) in [6.07, 6.45) is 28.5. The van der Waals surface area contributed by atoms with E-state index in [1.807, 2.05) is 0 Å². The second kappa shape index (κ2) is 18.3. The van der Waals surface area contributed by atoms with E-state index in [1.54, 1.807) is 0 Å². The second-order valence-electron chi connectivity index (χ2n) is 8.83. The number of hydrogen-bond acceptors (Lipinski definition) is 2. The molecule has 2 N–H and O–H groups in total. The monoisotopic (exact) mass is 368 g/mol. The third-order valence-electron chi connectivity index (χ3n) is 6.15. The van der Waals surface area contributed by atoms with Crippen molar-refractivity contribution in [3.8, 4) is 0 Å². The Bertz CT molecular complexity index is 227. The highest BCUT2D eigenvalue weighted by Crippen LogP contribution is 2.17. The third-order valence-corrected chi connectivity index (χ3v) is 6.15. The molecule has 0 heterocycles. The average Bonchev–Trinajstić information content (AvgIpc) is 2.61. The molecule has 0 aromatic carbocycles. The molecule has 2 nitrogen and oxygen atoms in total. The molecule has 0 spiro atoms. The molecule has 0 atom stereocenters. The number of rotatable bonds is 0. The van der Waals surface area contributed by atoms with E-state index in [1.165, 1.54) is 116 Å². The molecule has 2 fully saturated rings. The molecule has 0 aliphatic heterocycles. The molecule has 2 rings (SSSR count). The Morgan fingerprint density at radius 2 is 0.423 bits per heavy atom. The van der Waals surface area contributed by atoms with Crippen molar-refractivity contribution >= 4 is 0 Å². The molecule has 2 aliphatic rings. The lowest BCUT2D eigenvalue weighted by molar-refractivity contribution is 0.146. The quantitative estimate of drug-likeness (QED) is 0.471. The van der Waals surface area contributed by atoms with Crippen LogP contribution in [0.15, 0.2) is 0 Å². The summed E-state index contributed by atoms with van der Waals surface area (Å²) in [6.45, 7) is 0. The topological polar surface area (TPSA) is 40.5 Å². The van der Waals surface area contributed by atoms with Gasteiger partial charge in [-0.2, -0.15) is 0 Å². The van der Waals surface area contributed by atoms with Crippen LogP contribution in [0, 0.1) is 0 Å². The largest absolute Gasteiger partial charge is 0.393 e. The van der Waals surface area contributed by atoms with Crippen LogP contribution in [0.3, 0.4) is 0 Å². The molecule has 26 heavy (non-hydrogen) atoms. The van der Waals surface area contributed by atoms with Gasteiger partial charge < -0.3 is 10.2 Å². The first-order chi connectivity index (χ1) is 12.8. The molecule has 0 radical (unpaired) electrons. The highest BCUT2D eigenvalue weighted by Gasteiger charge is 2.05. The van der Waals surface area contributed by atoms with Gasteiger partial charge in [-0.1, -0.05) is 116 Å². The van der Waals surface area contributed by atoms with E-state index in [4.69, 9.17) is 0 Å². The Morgan fingerprint density at radius 1 is 0.269 bits per heavy atom. The van der Waals surface area contributed by atoms with E-state index in [0.717, 1.165) is 25.7 Å². The maximum atomic E-state index is 9.59. The number of aliphatic hydroxyl groups is 2. The summed E-state index contributed by atoms with van der Waals surface area (Å²) >= 11 is 0. The summed E-state index contributed by atoms with van der Waals surface area (Å²) in [7, 11) is 0. The van der Waals surface area contributed by atoms with Gasteiger partial charge in [-0.25, -0.2) is 0 Å². The van der Waals surface area contributed by atoms with Crippen molar-refractivity contribution in [1.82, 2.24) is 0 Å². The standard InChI is InChI=1S/2C12H24O/c2*13-12-10-8-6-4-2-1-3-5-7-9-11-12/h2*12-13H,1-11H2. The predicted molar refractivity (Wildman–Crippen MR) is 114 cm³/mol. The molecule has 2 aliphatic carbocycles. The van der Waals surface area contributed by atoms with E-state index in [0.29, 0.717) is 0 Å². The van der Waals surface area contributed by atoms with Crippen molar-refractivity contribution < 1.29 is 10.2 Å². The summed E-state index contributed by atoms with van der Waals surface area (Å²) in [5.41, 5.74) is 0. The fourth-order valence-corrected chi connectivity index (χ4v) is 4.28. The van der Waals surface area contributed by atoms with Crippen molar-refractivity contribution in [2.75, 3.05) is 0 Å². The molecular weight excluding hydrogens is 320 g/mol. The Kier molecular flexibility index (Phi) is 16.9. The first-order valence-corrected chi connectivity index (χ1v) is 12.1. The van der Waals surface area contributed by atoms with Crippen molar-refractivity contribution in [2.24, 2.45) is 0 Å². The van der Waals surface area contributed by atoms with Crippen molar-refractivity contribution in [2.45, 2.75) is 153 Å².